The second kappa shape index (κ2) is 13.9. The van der Waals surface area contributed by atoms with Gasteiger partial charge >= 0.3 is 0 Å². The summed E-state index contributed by atoms with van der Waals surface area (Å²) in [7, 11) is 1.61. The van der Waals surface area contributed by atoms with Crippen LogP contribution in [0.25, 0.3) is 11.3 Å². The van der Waals surface area contributed by atoms with Gasteiger partial charge in [-0.05, 0) is 49.1 Å². The number of hydrogen-bond acceptors (Lipinski definition) is 9. The van der Waals surface area contributed by atoms with E-state index in [1.807, 2.05) is 97.4 Å². The molecule has 3 aromatic heterocycles. The van der Waals surface area contributed by atoms with Crippen molar-refractivity contribution in [2.45, 2.75) is 38.0 Å². The van der Waals surface area contributed by atoms with Crippen LogP contribution in [-0.4, -0.2) is 44.4 Å². The number of aromatic nitrogens is 3. The molecule has 10 heteroatoms. The molecule has 0 aliphatic carbocycles. The van der Waals surface area contributed by atoms with Gasteiger partial charge in [0.1, 0.15) is 16.8 Å². The first-order valence-corrected chi connectivity index (χ1v) is 16.1. The molecule has 0 N–H and O–H groups in total. The Morgan fingerprint density at radius 1 is 0.929 bits per heavy atom. The molecule has 1 atom stereocenters. The topological polar surface area (TPSA) is 85.3 Å². The molecule has 1 amide bonds. The van der Waals surface area contributed by atoms with Gasteiger partial charge in [0.05, 0.1) is 25.1 Å². The Labute approximate surface area is 257 Å². The molecule has 0 fully saturated rings. The number of benzene rings is 2. The van der Waals surface area contributed by atoms with E-state index in [0.29, 0.717) is 5.16 Å². The molecule has 0 radical (unpaired) electrons. The number of aryl methyl sites for hydroxylation is 2. The van der Waals surface area contributed by atoms with Gasteiger partial charge in [0.25, 0.3) is 0 Å². The minimum Gasteiger partial charge on any atom is -0.497 e. The van der Waals surface area contributed by atoms with E-state index in [-0.39, 0.29) is 30.4 Å². The fourth-order valence-corrected chi connectivity index (χ4v) is 7.03. The van der Waals surface area contributed by atoms with Gasteiger partial charge < -0.3 is 9.64 Å². The Morgan fingerprint density at radius 3 is 2.33 bits per heavy atom. The Morgan fingerprint density at radius 2 is 1.67 bits per heavy atom. The molecule has 0 spiro atoms. The van der Waals surface area contributed by atoms with Crippen LogP contribution in [0.1, 0.15) is 32.9 Å². The van der Waals surface area contributed by atoms with Crippen molar-refractivity contribution in [3.8, 4) is 17.0 Å². The summed E-state index contributed by atoms with van der Waals surface area (Å²) in [5.41, 5.74) is 4.39. The van der Waals surface area contributed by atoms with Crippen molar-refractivity contribution in [3.05, 3.63) is 110 Å². The van der Waals surface area contributed by atoms with E-state index >= 15 is 0 Å². The molecule has 5 aromatic rings. The van der Waals surface area contributed by atoms with Crippen LogP contribution in [0.4, 0.5) is 0 Å². The number of methoxy groups -OCH3 is 1. The molecule has 3 heterocycles. The zero-order chi connectivity index (χ0) is 29.5. The Kier molecular flexibility index (Phi) is 9.78. The minimum atomic E-state index is -0.760. The number of carbonyl (C=O) groups is 2. The fourth-order valence-electron chi connectivity index (χ4n) is 4.54. The van der Waals surface area contributed by atoms with Gasteiger partial charge in [-0.15, -0.1) is 22.7 Å². The van der Waals surface area contributed by atoms with Crippen molar-refractivity contribution in [3.63, 3.8) is 0 Å². The smallest absolute Gasteiger partial charge is 0.234 e. The lowest BCUT2D eigenvalue weighted by molar-refractivity contribution is -0.138. The van der Waals surface area contributed by atoms with E-state index in [1.165, 1.54) is 34.4 Å². The Balaban J connectivity index is 1.45. The predicted molar refractivity (Wildman–Crippen MR) is 169 cm³/mol. The van der Waals surface area contributed by atoms with Gasteiger partial charge in [-0.3, -0.25) is 9.59 Å². The average molecular weight is 615 g/mol. The number of rotatable bonds is 12. The first kappa shape index (κ1) is 29.6. The van der Waals surface area contributed by atoms with Gasteiger partial charge in [-0.25, -0.2) is 15.0 Å². The molecule has 7 nitrogen and oxygen atoms in total. The molecule has 0 aliphatic rings. The Bertz CT molecular complexity index is 1620. The molecule has 5 rings (SSSR count). The first-order chi connectivity index (χ1) is 20.4. The maximum absolute atomic E-state index is 14.0. The number of ether oxygens (including phenoxy) is 1. The first-order valence-electron chi connectivity index (χ1n) is 13.3. The summed E-state index contributed by atoms with van der Waals surface area (Å²) in [6.07, 6.45) is 0.177. The molecule has 0 aliphatic heterocycles. The van der Waals surface area contributed by atoms with Crippen LogP contribution in [0.2, 0.25) is 0 Å². The fraction of sp³-hybridized carbons (Fsp3) is 0.219. The highest BCUT2D eigenvalue weighted by atomic mass is 32.2. The number of carbonyl (C=O) groups excluding carboxylic acids is 2. The van der Waals surface area contributed by atoms with Gasteiger partial charge in [-0.1, -0.05) is 60.3 Å². The largest absolute Gasteiger partial charge is 0.497 e. The molecule has 214 valence electrons. The van der Waals surface area contributed by atoms with Crippen molar-refractivity contribution in [2.75, 3.05) is 12.9 Å². The summed E-state index contributed by atoms with van der Waals surface area (Å²) in [5.74, 6) is 0.572. The van der Waals surface area contributed by atoms with E-state index in [2.05, 4.69) is 9.97 Å². The minimum absolute atomic E-state index is 0.0662. The predicted octanol–water partition coefficient (Wildman–Crippen LogP) is 6.96. The van der Waals surface area contributed by atoms with Gasteiger partial charge in [-0.2, -0.15) is 0 Å². The molecule has 0 saturated carbocycles. The number of nitrogens with zero attached hydrogens (tertiary/aromatic N) is 4. The third-order valence-electron chi connectivity index (χ3n) is 6.50. The van der Waals surface area contributed by atoms with Crippen molar-refractivity contribution >= 4 is 46.1 Å². The van der Waals surface area contributed by atoms with E-state index in [4.69, 9.17) is 9.72 Å². The third kappa shape index (κ3) is 7.50. The van der Waals surface area contributed by atoms with Gasteiger partial charge in [0.15, 0.2) is 10.9 Å². The second-order valence-corrected chi connectivity index (χ2v) is 12.5. The van der Waals surface area contributed by atoms with E-state index in [0.717, 1.165) is 43.8 Å². The lowest BCUT2D eigenvalue weighted by Crippen LogP contribution is -2.40. The zero-order valence-electron chi connectivity index (χ0n) is 23.5. The number of hydrogen-bond donors (Lipinski definition) is 0. The number of ketones is 1. The van der Waals surface area contributed by atoms with Crippen LogP contribution >= 0.6 is 34.4 Å². The molecule has 42 heavy (non-hydrogen) atoms. The molecule has 0 bridgehead atoms. The zero-order valence-corrected chi connectivity index (χ0v) is 26.0. The van der Waals surface area contributed by atoms with Crippen molar-refractivity contribution in [1.29, 1.82) is 0 Å². The number of thioether (sulfide) groups is 1. The van der Waals surface area contributed by atoms with Crippen LogP contribution in [0.3, 0.4) is 0 Å². The standard InChI is InChI=1S/C32H30N4O3S3/c1-21-16-22(2)34-32(33-21)42-20-30(38)36(18-29-35-26(19-41-29)24-8-5-4-6-9-24)31(28-10-7-15-40-28)27(37)17-23-11-13-25(39-3)14-12-23/h4-16,19,31H,17-18,20H2,1-3H3. The van der Waals surface area contributed by atoms with Gasteiger partial charge in [0, 0.05) is 33.6 Å². The normalized spacial score (nSPS) is 11.7. The summed E-state index contributed by atoms with van der Waals surface area (Å²) in [6, 6.07) is 22.3. The average Bonchev–Trinajstić information content (AvgIpc) is 3.69. The SMILES string of the molecule is COc1ccc(CC(=O)C(c2cccs2)N(Cc2nc(-c3ccccc3)cs2)C(=O)CSc2nc(C)cc(C)n2)cc1. The monoisotopic (exact) mass is 614 g/mol. The number of Topliss-reactive ketones (excluding diaryl/α,β-unsaturated/α-hetero) is 1. The molecular formula is C32H30N4O3S3. The number of thiazole rings is 1. The van der Waals surface area contributed by atoms with Crippen molar-refractivity contribution in [1.82, 2.24) is 19.9 Å². The van der Waals surface area contributed by atoms with E-state index in [1.54, 1.807) is 12.0 Å². The third-order valence-corrected chi connectivity index (χ3v) is 9.09. The summed E-state index contributed by atoms with van der Waals surface area (Å²) < 4.78 is 5.27. The van der Waals surface area contributed by atoms with Crippen LogP contribution in [-0.2, 0) is 22.6 Å². The number of amides is 1. The van der Waals surface area contributed by atoms with Crippen molar-refractivity contribution in [2.24, 2.45) is 0 Å². The van der Waals surface area contributed by atoms with E-state index < -0.39 is 6.04 Å². The Hall–Kier alpha value is -3.86. The molecule has 1 unspecified atom stereocenters. The summed E-state index contributed by atoms with van der Waals surface area (Å²) >= 11 is 4.23. The van der Waals surface area contributed by atoms with Gasteiger partial charge in [0.2, 0.25) is 5.91 Å². The number of thiophene rings is 1. The summed E-state index contributed by atoms with van der Waals surface area (Å²) in [6.45, 7) is 4.02. The van der Waals surface area contributed by atoms with Crippen LogP contribution in [0, 0.1) is 13.8 Å². The molecule has 2 aromatic carbocycles. The van der Waals surface area contributed by atoms with Crippen LogP contribution in [0.5, 0.6) is 5.75 Å². The summed E-state index contributed by atoms with van der Waals surface area (Å²) in [5, 5.41) is 5.22. The quantitative estimate of drug-likeness (QED) is 0.111. The maximum Gasteiger partial charge on any atom is 0.234 e. The highest BCUT2D eigenvalue weighted by Gasteiger charge is 2.33. The van der Waals surface area contributed by atoms with Crippen molar-refractivity contribution < 1.29 is 14.3 Å². The maximum atomic E-state index is 14.0. The van der Waals surface area contributed by atoms with Crippen LogP contribution in [0.15, 0.2) is 88.7 Å². The molecule has 0 saturated heterocycles. The lowest BCUT2D eigenvalue weighted by atomic mass is 10.0. The highest BCUT2D eigenvalue weighted by Crippen LogP contribution is 2.32. The second-order valence-electron chi connectivity index (χ2n) is 9.65. The molecular weight excluding hydrogens is 585 g/mol. The lowest BCUT2D eigenvalue weighted by Gasteiger charge is -2.30. The van der Waals surface area contributed by atoms with Crippen LogP contribution < -0.4 is 4.74 Å². The highest BCUT2D eigenvalue weighted by molar-refractivity contribution is 7.99. The van der Waals surface area contributed by atoms with E-state index in [9.17, 15) is 9.59 Å². The summed E-state index contributed by atoms with van der Waals surface area (Å²) in [4.78, 5) is 44.3.